The van der Waals surface area contributed by atoms with Gasteiger partial charge in [0.05, 0.1) is 11.3 Å². The Morgan fingerprint density at radius 2 is 2.12 bits per heavy atom. The Morgan fingerprint density at radius 1 is 1.29 bits per heavy atom. The molecule has 1 heterocycles. The number of rotatable bonds is 8. The van der Waals surface area contributed by atoms with Crippen LogP contribution in [0.1, 0.15) is 11.3 Å². The van der Waals surface area contributed by atoms with Gasteiger partial charge in [0.2, 0.25) is 5.91 Å². The van der Waals surface area contributed by atoms with Crippen LogP contribution >= 0.6 is 0 Å². The average molecular weight is 329 g/mol. The largest absolute Gasteiger partial charge is 0.396 e. The van der Waals surface area contributed by atoms with Gasteiger partial charge >= 0.3 is 0 Å². The van der Waals surface area contributed by atoms with Gasteiger partial charge in [-0.1, -0.05) is 18.2 Å². The van der Waals surface area contributed by atoms with Gasteiger partial charge in [0.1, 0.15) is 0 Å². The summed E-state index contributed by atoms with van der Waals surface area (Å²) >= 11 is 0. The number of aromatic nitrogens is 1. The Hall–Kier alpha value is -2.80. The predicted octanol–water partition coefficient (Wildman–Crippen LogP) is 1.50. The summed E-state index contributed by atoms with van der Waals surface area (Å²) in [7, 11) is 0. The van der Waals surface area contributed by atoms with E-state index in [1.54, 1.807) is 18.3 Å². The maximum atomic E-state index is 12.0. The number of pyridine rings is 1. The number of aliphatic hydroxyl groups excluding tert-OH is 1. The Kier molecular flexibility index (Phi) is 6.39. The number of carbonyl (C=O) groups excluding carboxylic acids is 1. The molecule has 1 atom stereocenters. The van der Waals surface area contributed by atoms with Crippen LogP contribution in [0.4, 0.5) is 5.69 Å². The highest BCUT2D eigenvalue weighted by Gasteiger charge is 2.13. The molecule has 1 aromatic carbocycles. The number of nitrogens with zero attached hydrogens (tertiary/aromatic N) is 2. The molecule has 24 heavy (non-hydrogen) atoms. The first-order valence-corrected chi connectivity index (χ1v) is 7.59. The number of nitrogens with one attached hydrogen (secondary N) is 1. The number of nitro benzene ring substituents is 1. The molecule has 1 aromatic heterocycles. The van der Waals surface area contributed by atoms with Crippen molar-refractivity contribution in [3.63, 3.8) is 0 Å². The fraction of sp³-hybridized carbons (Fsp3) is 0.294. The van der Waals surface area contributed by atoms with E-state index in [0.29, 0.717) is 18.5 Å². The van der Waals surface area contributed by atoms with Gasteiger partial charge in [-0.05, 0) is 24.1 Å². The maximum absolute atomic E-state index is 12.0. The van der Waals surface area contributed by atoms with Crippen LogP contribution in [0, 0.1) is 16.0 Å². The van der Waals surface area contributed by atoms with E-state index in [9.17, 15) is 20.0 Å². The molecular weight excluding hydrogens is 310 g/mol. The highest BCUT2D eigenvalue weighted by atomic mass is 16.6. The molecule has 126 valence electrons. The lowest BCUT2D eigenvalue weighted by molar-refractivity contribution is -0.384. The molecule has 7 heteroatoms. The molecule has 1 unspecified atom stereocenters. The van der Waals surface area contributed by atoms with E-state index in [1.165, 1.54) is 12.1 Å². The number of nitro groups is 1. The highest BCUT2D eigenvalue weighted by molar-refractivity contribution is 5.78. The van der Waals surface area contributed by atoms with Gasteiger partial charge in [0.25, 0.3) is 5.69 Å². The summed E-state index contributed by atoms with van der Waals surface area (Å²) in [5, 5.41) is 22.9. The van der Waals surface area contributed by atoms with Crippen LogP contribution < -0.4 is 5.32 Å². The summed E-state index contributed by atoms with van der Waals surface area (Å²) < 4.78 is 0. The van der Waals surface area contributed by atoms with Crippen molar-refractivity contribution in [2.24, 2.45) is 5.92 Å². The highest BCUT2D eigenvalue weighted by Crippen LogP contribution is 2.13. The van der Waals surface area contributed by atoms with Gasteiger partial charge in [-0.15, -0.1) is 0 Å². The lowest BCUT2D eigenvalue weighted by Crippen LogP contribution is -2.33. The van der Waals surface area contributed by atoms with Crippen LogP contribution in [0.3, 0.4) is 0 Å². The monoisotopic (exact) mass is 329 g/mol. The first-order chi connectivity index (χ1) is 11.6. The van der Waals surface area contributed by atoms with Crippen molar-refractivity contribution < 1.29 is 14.8 Å². The molecule has 0 aliphatic carbocycles. The lowest BCUT2D eigenvalue weighted by atomic mass is 10.0. The fourth-order valence-corrected chi connectivity index (χ4v) is 2.30. The topological polar surface area (TPSA) is 105 Å². The number of benzene rings is 1. The Labute approximate surface area is 139 Å². The van der Waals surface area contributed by atoms with Crippen molar-refractivity contribution in [3.8, 4) is 0 Å². The van der Waals surface area contributed by atoms with Crippen molar-refractivity contribution in [2.45, 2.75) is 12.8 Å². The van der Waals surface area contributed by atoms with E-state index in [-0.39, 0.29) is 30.5 Å². The summed E-state index contributed by atoms with van der Waals surface area (Å²) in [6, 6.07) is 11.6. The molecule has 0 saturated heterocycles. The molecule has 0 aliphatic rings. The van der Waals surface area contributed by atoms with Gasteiger partial charge in [-0.25, -0.2) is 0 Å². The predicted molar refractivity (Wildman–Crippen MR) is 88.3 cm³/mol. The van der Waals surface area contributed by atoms with Gasteiger partial charge in [-0.3, -0.25) is 19.9 Å². The number of hydrogen-bond donors (Lipinski definition) is 2. The van der Waals surface area contributed by atoms with Crippen LogP contribution in [-0.4, -0.2) is 34.1 Å². The molecule has 7 nitrogen and oxygen atoms in total. The van der Waals surface area contributed by atoms with E-state index in [0.717, 1.165) is 5.69 Å². The molecule has 0 spiro atoms. The minimum absolute atomic E-state index is 0.0383. The van der Waals surface area contributed by atoms with Crippen molar-refractivity contribution in [1.29, 1.82) is 0 Å². The van der Waals surface area contributed by atoms with Crippen LogP contribution in [0.5, 0.6) is 0 Å². The van der Waals surface area contributed by atoms with Crippen molar-refractivity contribution in [2.75, 3.05) is 13.2 Å². The summed E-state index contributed by atoms with van der Waals surface area (Å²) in [6.45, 7) is 0.258. The Bertz CT molecular complexity index is 691. The summed E-state index contributed by atoms with van der Waals surface area (Å²) in [5.74, 6) is -0.371. The zero-order chi connectivity index (χ0) is 17.4. The van der Waals surface area contributed by atoms with Crippen molar-refractivity contribution >= 4 is 11.6 Å². The van der Waals surface area contributed by atoms with Crippen molar-refractivity contribution in [3.05, 3.63) is 70.0 Å². The maximum Gasteiger partial charge on any atom is 0.269 e. The third kappa shape index (κ3) is 5.44. The van der Waals surface area contributed by atoms with Crippen LogP contribution in [0.15, 0.2) is 48.7 Å². The van der Waals surface area contributed by atoms with Gasteiger partial charge in [0.15, 0.2) is 0 Å². The summed E-state index contributed by atoms with van der Waals surface area (Å²) in [6.07, 6.45) is 2.31. The molecule has 0 saturated carbocycles. The smallest absolute Gasteiger partial charge is 0.269 e. The molecule has 0 aliphatic heterocycles. The van der Waals surface area contributed by atoms with Crippen LogP contribution in [-0.2, 0) is 17.6 Å². The second-order valence-corrected chi connectivity index (χ2v) is 5.48. The van der Waals surface area contributed by atoms with E-state index in [2.05, 4.69) is 10.3 Å². The first-order valence-electron chi connectivity index (χ1n) is 7.59. The Morgan fingerprint density at radius 3 is 2.79 bits per heavy atom. The fourth-order valence-electron chi connectivity index (χ4n) is 2.30. The minimum atomic E-state index is -0.490. The molecule has 0 fully saturated rings. The molecular formula is C17H19N3O4. The van der Waals surface area contributed by atoms with Crippen molar-refractivity contribution in [1.82, 2.24) is 10.3 Å². The van der Waals surface area contributed by atoms with Crippen LogP contribution in [0.25, 0.3) is 0 Å². The molecule has 2 rings (SSSR count). The SMILES string of the molecule is O=C(Cc1cccc([N+](=O)[O-])c1)NCC(CO)Cc1ccccn1. The number of aliphatic hydroxyl groups is 1. The average Bonchev–Trinajstić information content (AvgIpc) is 2.59. The minimum Gasteiger partial charge on any atom is -0.396 e. The van der Waals surface area contributed by atoms with E-state index >= 15 is 0 Å². The molecule has 1 amide bonds. The zero-order valence-corrected chi connectivity index (χ0v) is 13.1. The quantitative estimate of drug-likeness (QED) is 0.564. The zero-order valence-electron chi connectivity index (χ0n) is 13.1. The number of hydrogen-bond acceptors (Lipinski definition) is 5. The second-order valence-electron chi connectivity index (χ2n) is 5.48. The molecule has 0 bridgehead atoms. The normalized spacial score (nSPS) is 11.7. The van der Waals surface area contributed by atoms with Gasteiger partial charge < -0.3 is 10.4 Å². The Balaban J connectivity index is 1.85. The number of carbonyl (C=O) groups is 1. The third-order valence-corrected chi connectivity index (χ3v) is 3.56. The number of non-ortho nitro benzene ring substituents is 1. The standard InChI is InChI=1S/C17H19N3O4/c21-12-14(8-15-5-1-2-7-18-15)11-19-17(22)10-13-4-3-6-16(9-13)20(23)24/h1-7,9,14,21H,8,10-12H2,(H,19,22). The summed E-state index contributed by atoms with van der Waals surface area (Å²) in [5.41, 5.74) is 1.39. The lowest BCUT2D eigenvalue weighted by Gasteiger charge is -2.14. The van der Waals surface area contributed by atoms with E-state index in [1.807, 2.05) is 18.2 Å². The van der Waals surface area contributed by atoms with Crippen LogP contribution in [0.2, 0.25) is 0 Å². The van der Waals surface area contributed by atoms with Gasteiger partial charge in [-0.2, -0.15) is 0 Å². The molecule has 0 radical (unpaired) electrons. The third-order valence-electron chi connectivity index (χ3n) is 3.56. The second kappa shape index (κ2) is 8.73. The first kappa shape index (κ1) is 17.6. The summed E-state index contributed by atoms with van der Waals surface area (Å²) in [4.78, 5) is 26.4. The van der Waals surface area contributed by atoms with Gasteiger partial charge in [0, 0.05) is 43.1 Å². The van der Waals surface area contributed by atoms with E-state index in [4.69, 9.17) is 0 Å². The molecule has 2 aromatic rings. The van der Waals surface area contributed by atoms with E-state index < -0.39 is 4.92 Å². The number of amides is 1. The molecule has 2 N–H and O–H groups in total.